The first-order chi connectivity index (χ1) is 9.28. The Hall–Kier alpha value is -0.650. The normalized spacial score (nSPS) is 14.9. The van der Waals surface area contributed by atoms with Gasteiger partial charge in [0, 0.05) is 18.6 Å². The van der Waals surface area contributed by atoms with Crippen LogP contribution in [0.3, 0.4) is 0 Å². The van der Waals surface area contributed by atoms with Crippen LogP contribution < -0.4 is 10.6 Å². The molecular formula is C15H32N2O3. The highest BCUT2D eigenvalue weighted by Crippen LogP contribution is 2.19. The van der Waals surface area contributed by atoms with Gasteiger partial charge in [-0.2, -0.15) is 0 Å². The Morgan fingerprint density at radius 3 is 2.35 bits per heavy atom. The fraction of sp³-hybridized carbons (Fsp3) is 0.933. The molecule has 0 saturated carbocycles. The Labute approximate surface area is 123 Å². The van der Waals surface area contributed by atoms with Gasteiger partial charge in [-0.3, -0.25) is 10.1 Å². The number of ether oxygens (including phenoxy) is 1. The SMILES string of the molecule is CCC(=O)NC(C)(CC)CCOC(C)(C)CCNCO. The van der Waals surface area contributed by atoms with Gasteiger partial charge in [0.1, 0.15) is 0 Å². The van der Waals surface area contributed by atoms with E-state index in [2.05, 4.69) is 24.5 Å². The van der Waals surface area contributed by atoms with Crippen LogP contribution in [0.25, 0.3) is 0 Å². The Morgan fingerprint density at radius 1 is 1.20 bits per heavy atom. The molecule has 0 rings (SSSR count). The third kappa shape index (κ3) is 8.51. The van der Waals surface area contributed by atoms with E-state index in [0.717, 1.165) is 25.8 Å². The molecule has 0 aliphatic heterocycles. The van der Waals surface area contributed by atoms with Crippen LogP contribution in [0.2, 0.25) is 0 Å². The van der Waals surface area contributed by atoms with E-state index in [-0.39, 0.29) is 23.8 Å². The maximum atomic E-state index is 11.5. The summed E-state index contributed by atoms with van der Waals surface area (Å²) < 4.78 is 5.92. The average molecular weight is 288 g/mol. The monoisotopic (exact) mass is 288 g/mol. The number of carbonyl (C=O) groups excluding carboxylic acids is 1. The van der Waals surface area contributed by atoms with E-state index in [9.17, 15) is 4.79 Å². The zero-order valence-electron chi connectivity index (χ0n) is 13.7. The van der Waals surface area contributed by atoms with E-state index in [1.807, 2.05) is 20.8 Å². The molecule has 3 N–H and O–H groups in total. The molecule has 5 nitrogen and oxygen atoms in total. The van der Waals surface area contributed by atoms with E-state index in [4.69, 9.17) is 9.84 Å². The molecule has 120 valence electrons. The molecule has 0 bridgehead atoms. The number of rotatable bonds is 11. The van der Waals surface area contributed by atoms with Gasteiger partial charge in [0.15, 0.2) is 0 Å². The summed E-state index contributed by atoms with van der Waals surface area (Å²) in [5.74, 6) is 0.0840. The molecule has 0 aromatic rings. The summed E-state index contributed by atoms with van der Waals surface area (Å²) in [5, 5.41) is 14.6. The summed E-state index contributed by atoms with van der Waals surface area (Å²) in [6, 6.07) is 0. The van der Waals surface area contributed by atoms with Gasteiger partial charge >= 0.3 is 0 Å². The molecule has 1 atom stereocenters. The van der Waals surface area contributed by atoms with Crippen LogP contribution in [0.4, 0.5) is 0 Å². The molecular weight excluding hydrogens is 256 g/mol. The Bertz CT molecular complexity index is 282. The van der Waals surface area contributed by atoms with Gasteiger partial charge in [-0.15, -0.1) is 0 Å². The minimum atomic E-state index is -0.231. The van der Waals surface area contributed by atoms with Crippen LogP contribution in [0.1, 0.15) is 60.3 Å². The predicted molar refractivity (Wildman–Crippen MR) is 81.5 cm³/mol. The second-order valence-electron chi connectivity index (χ2n) is 6.08. The highest BCUT2D eigenvalue weighted by atomic mass is 16.5. The van der Waals surface area contributed by atoms with E-state index in [1.165, 1.54) is 0 Å². The average Bonchev–Trinajstić information content (AvgIpc) is 2.38. The molecule has 0 saturated heterocycles. The van der Waals surface area contributed by atoms with Crippen LogP contribution in [0.5, 0.6) is 0 Å². The lowest BCUT2D eigenvalue weighted by atomic mass is 9.94. The van der Waals surface area contributed by atoms with Crippen LogP contribution in [-0.4, -0.2) is 42.0 Å². The van der Waals surface area contributed by atoms with Gasteiger partial charge in [0.2, 0.25) is 5.91 Å². The van der Waals surface area contributed by atoms with Crippen molar-refractivity contribution in [2.24, 2.45) is 0 Å². The molecule has 1 unspecified atom stereocenters. The molecule has 0 aromatic heterocycles. The second kappa shape index (κ2) is 9.32. The minimum absolute atomic E-state index is 0.00691. The topological polar surface area (TPSA) is 70.6 Å². The van der Waals surface area contributed by atoms with Crippen molar-refractivity contribution in [1.82, 2.24) is 10.6 Å². The Balaban J connectivity index is 4.13. The van der Waals surface area contributed by atoms with Crippen molar-refractivity contribution in [2.45, 2.75) is 71.4 Å². The Kier molecular flexibility index (Phi) is 9.01. The predicted octanol–water partition coefficient (Wildman–Crippen LogP) is 1.80. The van der Waals surface area contributed by atoms with Crippen LogP contribution in [0, 0.1) is 0 Å². The van der Waals surface area contributed by atoms with Crippen LogP contribution in [0.15, 0.2) is 0 Å². The van der Waals surface area contributed by atoms with Gasteiger partial charge in [0.25, 0.3) is 0 Å². The third-order valence-corrected chi connectivity index (χ3v) is 3.70. The summed E-state index contributed by atoms with van der Waals surface area (Å²) >= 11 is 0. The first-order valence-corrected chi connectivity index (χ1v) is 7.55. The van der Waals surface area contributed by atoms with Gasteiger partial charge in [-0.25, -0.2) is 0 Å². The van der Waals surface area contributed by atoms with Gasteiger partial charge in [0.05, 0.1) is 12.3 Å². The summed E-state index contributed by atoms with van der Waals surface area (Å²) in [4.78, 5) is 11.5. The summed E-state index contributed by atoms with van der Waals surface area (Å²) in [6.07, 6.45) is 3.02. The first kappa shape index (κ1) is 19.4. The van der Waals surface area contributed by atoms with Crippen molar-refractivity contribution in [3.05, 3.63) is 0 Å². The molecule has 20 heavy (non-hydrogen) atoms. The van der Waals surface area contributed by atoms with Gasteiger partial charge in [-0.05, 0) is 46.6 Å². The number of carbonyl (C=O) groups is 1. The van der Waals surface area contributed by atoms with E-state index in [1.54, 1.807) is 0 Å². The van der Waals surface area contributed by atoms with E-state index < -0.39 is 0 Å². The van der Waals surface area contributed by atoms with Gasteiger partial charge in [-0.1, -0.05) is 13.8 Å². The fourth-order valence-electron chi connectivity index (χ4n) is 1.85. The molecule has 0 spiro atoms. The molecule has 1 amide bonds. The lowest BCUT2D eigenvalue weighted by Gasteiger charge is -2.32. The molecule has 0 radical (unpaired) electrons. The lowest BCUT2D eigenvalue weighted by Crippen LogP contribution is -2.46. The fourth-order valence-corrected chi connectivity index (χ4v) is 1.85. The zero-order chi connectivity index (χ0) is 15.6. The third-order valence-electron chi connectivity index (χ3n) is 3.70. The van der Waals surface area contributed by atoms with E-state index >= 15 is 0 Å². The number of nitrogens with one attached hydrogen (secondary N) is 2. The van der Waals surface area contributed by atoms with Crippen molar-refractivity contribution in [1.29, 1.82) is 0 Å². The number of aliphatic hydroxyl groups excluding tert-OH is 1. The summed E-state index contributed by atoms with van der Waals surface area (Å²) in [7, 11) is 0. The molecule has 0 heterocycles. The maximum Gasteiger partial charge on any atom is 0.220 e. The highest BCUT2D eigenvalue weighted by Gasteiger charge is 2.25. The Morgan fingerprint density at radius 2 is 1.85 bits per heavy atom. The zero-order valence-corrected chi connectivity index (χ0v) is 13.7. The molecule has 0 fully saturated rings. The number of amides is 1. The largest absolute Gasteiger partial charge is 0.381 e. The molecule has 0 aromatic carbocycles. The van der Waals surface area contributed by atoms with Crippen molar-refractivity contribution < 1.29 is 14.6 Å². The highest BCUT2D eigenvalue weighted by molar-refractivity contribution is 5.76. The van der Waals surface area contributed by atoms with E-state index in [0.29, 0.717) is 13.0 Å². The van der Waals surface area contributed by atoms with Crippen molar-refractivity contribution >= 4 is 5.91 Å². The summed E-state index contributed by atoms with van der Waals surface area (Å²) in [5.41, 5.74) is -0.432. The molecule has 5 heteroatoms. The molecule has 0 aliphatic rings. The maximum absolute atomic E-state index is 11.5. The smallest absolute Gasteiger partial charge is 0.220 e. The second-order valence-corrected chi connectivity index (χ2v) is 6.08. The summed E-state index contributed by atoms with van der Waals surface area (Å²) in [6.45, 7) is 11.4. The number of aliphatic hydroxyl groups is 1. The van der Waals surface area contributed by atoms with Crippen molar-refractivity contribution in [2.75, 3.05) is 19.9 Å². The number of hydrogen-bond acceptors (Lipinski definition) is 4. The minimum Gasteiger partial charge on any atom is -0.381 e. The first-order valence-electron chi connectivity index (χ1n) is 7.55. The quantitative estimate of drug-likeness (QED) is 0.400. The van der Waals surface area contributed by atoms with Crippen molar-refractivity contribution in [3.8, 4) is 0 Å². The van der Waals surface area contributed by atoms with Crippen molar-refractivity contribution in [3.63, 3.8) is 0 Å². The number of hydrogen-bond donors (Lipinski definition) is 3. The van der Waals surface area contributed by atoms with Gasteiger partial charge < -0.3 is 15.2 Å². The van der Waals surface area contributed by atoms with Crippen LogP contribution in [-0.2, 0) is 9.53 Å². The molecule has 0 aliphatic carbocycles. The standard InChI is InChI=1S/C15H32N2O3/c1-6-13(19)17-15(5,7-2)9-11-20-14(3,4)8-10-16-12-18/h16,18H,6-12H2,1-5H3,(H,17,19). The van der Waals surface area contributed by atoms with Crippen LogP contribution >= 0.6 is 0 Å². The lowest BCUT2D eigenvalue weighted by molar-refractivity contribution is -0.123.